The average molecular weight is 319 g/mol. The fourth-order valence-electron chi connectivity index (χ4n) is 1.79. The Kier molecular flexibility index (Phi) is 4.18. The molecule has 0 aliphatic carbocycles. The van der Waals surface area contributed by atoms with E-state index in [-0.39, 0.29) is 16.7 Å². The third-order valence-electron chi connectivity index (χ3n) is 2.57. The zero-order valence-electron chi connectivity index (χ0n) is 10.2. The van der Waals surface area contributed by atoms with E-state index in [1.165, 1.54) is 12.1 Å². The molecule has 0 N–H and O–H groups in total. The van der Waals surface area contributed by atoms with E-state index in [1.807, 2.05) is 0 Å². The monoisotopic (exact) mass is 318 g/mol. The molecule has 0 aliphatic rings. The number of carbonyl (C=O) groups is 1. The van der Waals surface area contributed by atoms with E-state index in [1.54, 1.807) is 0 Å². The van der Waals surface area contributed by atoms with Crippen molar-refractivity contribution in [3.8, 4) is 16.9 Å². The van der Waals surface area contributed by atoms with Crippen molar-refractivity contribution in [2.24, 2.45) is 0 Å². The predicted molar refractivity (Wildman–Crippen MR) is 68.7 cm³/mol. The molecule has 7 heteroatoms. The van der Waals surface area contributed by atoms with Gasteiger partial charge in [0.25, 0.3) is 5.24 Å². The molecule has 21 heavy (non-hydrogen) atoms. The summed E-state index contributed by atoms with van der Waals surface area (Å²) in [5.74, 6) is -1.12. The molecule has 110 valence electrons. The second kappa shape index (κ2) is 5.73. The number of benzene rings is 2. The number of carbonyl (C=O) groups excluding carboxylic acids is 1. The molecule has 0 aliphatic heterocycles. The first-order chi connectivity index (χ1) is 9.76. The first kappa shape index (κ1) is 15.3. The summed E-state index contributed by atoms with van der Waals surface area (Å²) < 4.78 is 53.7. The third-order valence-corrected chi connectivity index (χ3v) is 2.78. The van der Waals surface area contributed by atoms with Crippen LogP contribution in [0.15, 0.2) is 42.5 Å². The Labute approximate surface area is 121 Å². The number of ether oxygens (including phenoxy) is 1. The Morgan fingerprint density at radius 2 is 1.81 bits per heavy atom. The summed E-state index contributed by atoms with van der Waals surface area (Å²) in [6, 6.07) is 8.07. The van der Waals surface area contributed by atoms with Crippen molar-refractivity contribution in [1.29, 1.82) is 0 Å². The molecule has 0 fully saturated rings. The molecule has 0 saturated heterocycles. The van der Waals surface area contributed by atoms with Gasteiger partial charge in [-0.25, -0.2) is 4.39 Å². The van der Waals surface area contributed by atoms with Gasteiger partial charge in [-0.1, -0.05) is 12.1 Å². The summed E-state index contributed by atoms with van der Waals surface area (Å²) in [4.78, 5) is 11.3. The summed E-state index contributed by atoms with van der Waals surface area (Å²) in [6.07, 6.45) is -4.84. The largest absolute Gasteiger partial charge is 0.573 e. The van der Waals surface area contributed by atoms with Gasteiger partial charge in [-0.15, -0.1) is 13.2 Å². The van der Waals surface area contributed by atoms with Crippen LogP contribution in [0.4, 0.5) is 17.6 Å². The lowest BCUT2D eigenvalue weighted by Crippen LogP contribution is -2.17. The summed E-state index contributed by atoms with van der Waals surface area (Å²) in [5.41, 5.74) is 0.255. The highest BCUT2D eigenvalue weighted by Crippen LogP contribution is 2.31. The van der Waals surface area contributed by atoms with E-state index < -0.39 is 23.2 Å². The van der Waals surface area contributed by atoms with Crippen molar-refractivity contribution in [2.45, 2.75) is 6.36 Å². The molecule has 0 spiro atoms. The first-order valence-electron chi connectivity index (χ1n) is 5.62. The highest BCUT2D eigenvalue weighted by molar-refractivity contribution is 6.68. The zero-order valence-corrected chi connectivity index (χ0v) is 11.0. The smallest absolute Gasteiger partial charge is 0.406 e. The van der Waals surface area contributed by atoms with Gasteiger partial charge in [0.2, 0.25) is 0 Å². The maximum Gasteiger partial charge on any atom is 0.573 e. The van der Waals surface area contributed by atoms with Crippen molar-refractivity contribution >= 4 is 16.8 Å². The van der Waals surface area contributed by atoms with Crippen molar-refractivity contribution in [1.82, 2.24) is 0 Å². The molecule has 0 radical (unpaired) electrons. The Morgan fingerprint density at radius 3 is 2.43 bits per heavy atom. The molecule has 2 aromatic carbocycles. The molecule has 0 aromatic heterocycles. The van der Waals surface area contributed by atoms with Crippen LogP contribution in [-0.2, 0) is 0 Å². The van der Waals surface area contributed by atoms with Crippen LogP contribution in [0, 0.1) is 5.82 Å². The molecule has 2 aromatic rings. The maximum absolute atomic E-state index is 13.3. The van der Waals surface area contributed by atoms with Crippen LogP contribution in [0.5, 0.6) is 5.75 Å². The lowest BCUT2D eigenvalue weighted by Gasteiger charge is -2.11. The van der Waals surface area contributed by atoms with Gasteiger partial charge in [0.1, 0.15) is 11.6 Å². The molecule has 2 rings (SSSR count). The molecule has 0 bridgehead atoms. The van der Waals surface area contributed by atoms with Gasteiger partial charge < -0.3 is 4.74 Å². The van der Waals surface area contributed by atoms with E-state index in [0.717, 1.165) is 30.3 Å². The van der Waals surface area contributed by atoms with Gasteiger partial charge >= 0.3 is 6.36 Å². The lowest BCUT2D eigenvalue weighted by atomic mass is 10.00. The highest BCUT2D eigenvalue weighted by Gasteiger charge is 2.31. The number of hydrogen-bond donors (Lipinski definition) is 0. The van der Waals surface area contributed by atoms with Crippen molar-refractivity contribution in [3.63, 3.8) is 0 Å². The minimum Gasteiger partial charge on any atom is -0.406 e. The standard InChI is InChI=1S/C14H7ClF4O2/c15-13(20)11-5-4-9(16)7-12(11)8-2-1-3-10(6-8)21-14(17,18)19/h1-7H. The average Bonchev–Trinajstić information content (AvgIpc) is 2.36. The zero-order chi connectivity index (χ0) is 15.6. The van der Waals surface area contributed by atoms with Crippen LogP contribution in [0.1, 0.15) is 10.4 Å². The molecule has 0 atom stereocenters. The molecule has 0 heterocycles. The highest BCUT2D eigenvalue weighted by atomic mass is 35.5. The normalized spacial score (nSPS) is 11.3. The van der Waals surface area contributed by atoms with Crippen LogP contribution >= 0.6 is 11.6 Å². The van der Waals surface area contributed by atoms with E-state index in [0.29, 0.717) is 0 Å². The van der Waals surface area contributed by atoms with Gasteiger partial charge in [0.05, 0.1) is 0 Å². The number of rotatable bonds is 3. The summed E-state index contributed by atoms with van der Waals surface area (Å²) in [7, 11) is 0. The van der Waals surface area contributed by atoms with Gasteiger partial charge in [-0.05, 0) is 53.1 Å². The molecule has 0 amide bonds. The molecule has 0 unspecified atom stereocenters. The molecular weight excluding hydrogens is 312 g/mol. The lowest BCUT2D eigenvalue weighted by molar-refractivity contribution is -0.274. The van der Waals surface area contributed by atoms with Crippen molar-refractivity contribution in [3.05, 3.63) is 53.8 Å². The van der Waals surface area contributed by atoms with Gasteiger partial charge in [0.15, 0.2) is 0 Å². The van der Waals surface area contributed by atoms with Crippen LogP contribution < -0.4 is 4.74 Å². The Hall–Kier alpha value is -2.08. The van der Waals surface area contributed by atoms with Crippen molar-refractivity contribution < 1.29 is 27.1 Å². The minimum atomic E-state index is -4.84. The fourth-order valence-corrected chi connectivity index (χ4v) is 1.95. The number of halogens is 5. The van der Waals surface area contributed by atoms with Gasteiger partial charge in [0, 0.05) is 5.56 Å². The topological polar surface area (TPSA) is 26.3 Å². The minimum absolute atomic E-state index is 0.0118. The maximum atomic E-state index is 13.3. The number of alkyl halides is 3. The molecule has 2 nitrogen and oxygen atoms in total. The Balaban J connectivity index is 2.50. The second-order valence-corrected chi connectivity index (χ2v) is 4.38. The quantitative estimate of drug-likeness (QED) is 0.602. The van der Waals surface area contributed by atoms with Crippen LogP contribution in [0.25, 0.3) is 11.1 Å². The van der Waals surface area contributed by atoms with Crippen LogP contribution in [0.2, 0.25) is 0 Å². The van der Waals surface area contributed by atoms with Gasteiger partial charge in [-0.2, -0.15) is 0 Å². The van der Waals surface area contributed by atoms with E-state index in [9.17, 15) is 22.4 Å². The first-order valence-corrected chi connectivity index (χ1v) is 5.99. The number of hydrogen-bond acceptors (Lipinski definition) is 2. The van der Waals surface area contributed by atoms with E-state index in [2.05, 4.69) is 4.74 Å². The predicted octanol–water partition coefficient (Wildman–Crippen LogP) is 4.77. The Bertz CT molecular complexity index is 683. The van der Waals surface area contributed by atoms with E-state index >= 15 is 0 Å². The van der Waals surface area contributed by atoms with Crippen molar-refractivity contribution in [2.75, 3.05) is 0 Å². The third kappa shape index (κ3) is 3.95. The summed E-state index contributed by atoms with van der Waals surface area (Å²) in [5, 5.41) is -0.841. The summed E-state index contributed by atoms with van der Waals surface area (Å²) >= 11 is 5.38. The SMILES string of the molecule is O=C(Cl)c1ccc(F)cc1-c1cccc(OC(F)(F)F)c1. The molecular formula is C14H7ClF4O2. The van der Waals surface area contributed by atoms with E-state index in [4.69, 9.17) is 11.6 Å². The second-order valence-electron chi connectivity index (χ2n) is 4.04. The van der Waals surface area contributed by atoms with Gasteiger partial charge in [-0.3, -0.25) is 4.79 Å². The van der Waals surface area contributed by atoms with Crippen LogP contribution in [-0.4, -0.2) is 11.6 Å². The van der Waals surface area contributed by atoms with Crippen LogP contribution in [0.3, 0.4) is 0 Å². The molecule has 0 saturated carbocycles. The summed E-state index contributed by atoms with van der Waals surface area (Å²) in [6.45, 7) is 0. The Morgan fingerprint density at radius 1 is 1.10 bits per heavy atom. The fraction of sp³-hybridized carbons (Fsp3) is 0.0714.